The molecule has 0 radical (unpaired) electrons. The molecule has 94 valence electrons. The van der Waals surface area contributed by atoms with Gasteiger partial charge in [0.1, 0.15) is 11.5 Å². The topological polar surface area (TPSA) is 9.23 Å². The summed E-state index contributed by atoms with van der Waals surface area (Å²) in [5.41, 5.74) is 2.21. The van der Waals surface area contributed by atoms with Crippen LogP contribution in [0.15, 0.2) is 47.4 Å². The maximum absolute atomic E-state index is 5.93. The van der Waals surface area contributed by atoms with Crippen LogP contribution in [0.2, 0.25) is 0 Å². The van der Waals surface area contributed by atoms with Crippen molar-refractivity contribution >= 4 is 23.4 Å². The zero-order chi connectivity index (χ0) is 13.0. The summed E-state index contributed by atoms with van der Waals surface area (Å²) >= 11 is 7.65. The Labute approximate surface area is 117 Å². The second-order valence-electron chi connectivity index (χ2n) is 4.02. The van der Waals surface area contributed by atoms with Gasteiger partial charge in [-0.2, -0.15) is 0 Å². The van der Waals surface area contributed by atoms with Crippen molar-refractivity contribution in [1.82, 2.24) is 0 Å². The number of benzene rings is 2. The molecule has 2 aromatic carbocycles. The lowest BCUT2D eigenvalue weighted by atomic mass is 10.1. The van der Waals surface area contributed by atoms with E-state index in [0.717, 1.165) is 17.1 Å². The quantitative estimate of drug-likeness (QED) is 0.558. The Kier molecular flexibility index (Phi) is 4.56. The Morgan fingerprint density at radius 3 is 2.44 bits per heavy atom. The standard InChI is InChI=1S/C15H15ClOS/c1-11-3-8-15(12(9-11)10-16)17-13-4-6-14(18-2)7-5-13/h3-9H,10H2,1-2H3. The van der Waals surface area contributed by atoms with Crippen molar-refractivity contribution in [1.29, 1.82) is 0 Å². The number of alkyl halides is 1. The lowest BCUT2D eigenvalue weighted by Crippen LogP contribution is -1.90. The average molecular weight is 279 g/mol. The second kappa shape index (κ2) is 6.17. The molecule has 0 saturated carbocycles. The number of thioether (sulfide) groups is 1. The van der Waals surface area contributed by atoms with Gasteiger partial charge in [-0.05, 0) is 43.5 Å². The summed E-state index contributed by atoms with van der Waals surface area (Å²) in [4.78, 5) is 1.23. The average Bonchev–Trinajstić information content (AvgIpc) is 2.41. The van der Waals surface area contributed by atoms with Crippen LogP contribution in [0.25, 0.3) is 0 Å². The number of halogens is 1. The minimum atomic E-state index is 0.458. The summed E-state index contributed by atoms with van der Waals surface area (Å²) in [5, 5.41) is 0. The van der Waals surface area contributed by atoms with Crippen LogP contribution in [0.1, 0.15) is 11.1 Å². The van der Waals surface area contributed by atoms with E-state index in [2.05, 4.69) is 24.5 Å². The van der Waals surface area contributed by atoms with Gasteiger partial charge >= 0.3 is 0 Å². The summed E-state index contributed by atoms with van der Waals surface area (Å²) in [5.74, 6) is 2.12. The van der Waals surface area contributed by atoms with E-state index in [0.29, 0.717) is 5.88 Å². The maximum Gasteiger partial charge on any atom is 0.131 e. The monoisotopic (exact) mass is 278 g/mol. The highest BCUT2D eigenvalue weighted by Crippen LogP contribution is 2.28. The summed E-state index contributed by atoms with van der Waals surface area (Å²) < 4.78 is 5.86. The minimum Gasteiger partial charge on any atom is -0.457 e. The van der Waals surface area contributed by atoms with Gasteiger partial charge in [0.15, 0.2) is 0 Å². The minimum absolute atomic E-state index is 0.458. The van der Waals surface area contributed by atoms with Gasteiger partial charge in [-0.1, -0.05) is 17.7 Å². The van der Waals surface area contributed by atoms with E-state index in [1.54, 1.807) is 11.8 Å². The van der Waals surface area contributed by atoms with E-state index in [1.165, 1.54) is 10.5 Å². The lowest BCUT2D eigenvalue weighted by Gasteiger charge is -2.10. The molecule has 1 nitrogen and oxygen atoms in total. The molecule has 0 atom stereocenters. The fourth-order valence-electron chi connectivity index (χ4n) is 1.68. The van der Waals surface area contributed by atoms with Crippen LogP contribution in [0.5, 0.6) is 11.5 Å². The van der Waals surface area contributed by atoms with Crippen LogP contribution in [0.4, 0.5) is 0 Å². The van der Waals surface area contributed by atoms with Crippen molar-refractivity contribution in [2.75, 3.05) is 6.26 Å². The largest absolute Gasteiger partial charge is 0.457 e. The molecule has 0 aliphatic carbocycles. The molecule has 0 bridgehead atoms. The Bertz CT molecular complexity index is 523. The molecule has 0 aliphatic rings. The molecular formula is C15H15ClOS. The molecule has 0 aromatic heterocycles. The maximum atomic E-state index is 5.93. The van der Waals surface area contributed by atoms with Gasteiger partial charge in [0.05, 0.1) is 5.88 Å². The summed E-state index contributed by atoms with van der Waals surface area (Å²) in [6.45, 7) is 2.05. The van der Waals surface area contributed by atoms with Gasteiger partial charge in [-0.25, -0.2) is 0 Å². The first-order valence-corrected chi connectivity index (χ1v) is 7.46. The smallest absolute Gasteiger partial charge is 0.131 e. The zero-order valence-electron chi connectivity index (χ0n) is 10.4. The van der Waals surface area contributed by atoms with E-state index in [9.17, 15) is 0 Å². The Hall–Kier alpha value is -1.12. The van der Waals surface area contributed by atoms with Gasteiger partial charge in [0, 0.05) is 10.5 Å². The molecule has 0 amide bonds. The highest BCUT2D eigenvalue weighted by atomic mass is 35.5. The van der Waals surface area contributed by atoms with Gasteiger partial charge in [0.2, 0.25) is 0 Å². The summed E-state index contributed by atoms with van der Waals surface area (Å²) in [6.07, 6.45) is 2.06. The first-order chi connectivity index (χ1) is 8.72. The van der Waals surface area contributed by atoms with Crippen LogP contribution in [0.3, 0.4) is 0 Å². The van der Waals surface area contributed by atoms with Crippen LogP contribution in [-0.4, -0.2) is 6.26 Å². The van der Waals surface area contributed by atoms with Crippen LogP contribution in [-0.2, 0) is 5.88 Å². The number of hydrogen-bond acceptors (Lipinski definition) is 2. The van der Waals surface area contributed by atoms with Crippen LogP contribution < -0.4 is 4.74 Å². The molecule has 2 aromatic rings. The predicted molar refractivity (Wildman–Crippen MR) is 79.0 cm³/mol. The van der Waals surface area contributed by atoms with Gasteiger partial charge in [-0.3, -0.25) is 0 Å². The van der Waals surface area contributed by atoms with Gasteiger partial charge < -0.3 is 4.74 Å². The van der Waals surface area contributed by atoms with Gasteiger partial charge in [0.25, 0.3) is 0 Å². The van der Waals surface area contributed by atoms with Crippen LogP contribution >= 0.6 is 23.4 Å². The molecule has 0 spiro atoms. The molecule has 3 heteroatoms. The SMILES string of the molecule is CSc1ccc(Oc2ccc(C)cc2CCl)cc1. The van der Waals surface area contributed by atoms with E-state index in [4.69, 9.17) is 16.3 Å². The number of aryl methyl sites for hydroxylation is 1. The van der Waals surface area contributed by atoms with Crippen molar-refractivity contribution in [3.63, 3.8) is 0 Å². The van der Waals surface area contributed by atoms with E-state index in [1.807, 2.05) is 31.2 Å². The van der Waals surface area contributed by atoms with E-state index >= 15 is 0 Å². The molecular weight excluding hydrogens is 264 g/mol. The number of hydrogen-bond donors (Lipinski definition) is 0. The van der Waals surface area contributed by atoms with Crippen molar-refractivity contribution in [3.05, 3.63) is 53.6 Å². The number of rotatable bonds is 4. The molecule has 2 rings (SSSR count). The molecule has 18 heavy (non-hydrogen) atoms. The van der Waals surface area contributed by atoms with Crippen molar-refractivity contribution < 1.29 is 4.74 Å². The summed E-state index contributed by atoms with van der Waals surface area (Å²) in [7, 11) is 0. The highest BCUT2D eigenvalue weighted by molar-refractivity contribution is 7.98. The fraction of sp³-hybridized carbons (Fsp3) is 0.200. The Morgan fingerprint density at radius 2 is 1.83 bits per heavy atom. The Balaban J connectivity index is 2.22. The van der Waals surface area contributed by atoms with Crippen molar-refractivity contribution in [2.24, 2.45) is 0 Å². The van der Waals surface area contributed by atoms with Crippen molar-refractivity contribution in [3.8, 4) is 11.5 Å². The van der Waals surface area contributed by atoms with Gasteiger partial charge in [-0.15, -0.1) is 23.4 Å². The molecule has 0 aliphatic heterocycles. The predicted octanol–water partition coefficient (Wildman–Crippen LogP) is 5.25. The van der Waals surface area contributed by atoms with E-state index in [-0.39, 0.29) is 0 Å². The van der Waals surface area contributed by atoms with Crippen molar-refractivity contribution in [2.45, 2.75) is 17.7 Å². The zero-order valence-corrected chi connectivity index (χ0v) is 12.0. The number of ether oxygens (including phenoxy) is 1. The third kappa shape index (κ3) is 3.21. The molecule has 0 heterocycles. The second-order valence-corrected chi connectivity index (χ2v) is 5.17. The molecule has 0 fully saturated rings. The third-order valence-electron chi connectivity index (χ3n) is 2.65. The van der Waals surface area contributed by atoms with E-state index < -0.39 is 0 Å². The highest BCUT2D eigenvalue weighted by Gasteiger charge is 2.04. The molecule has 0 N–H and O–H groups in total. The first-order valence-electron chi connectivity index (χ1n) is 5.70. The Morgan fingerprint density at radius 1 is 1.11 bits per heavy atom. The molecule has 0 saturated heterocycles. The third-order valence-corrected chi connectivity index (χ3v) is 3.68. The lowest BCUT2D eigenvalue weighted by molar-refractivity contribution is 0.478. The molecule has 0 unspecified atom stereocenters. The normalized spacial score (nSPS) is 10.4. The fourth-order valence-corrected chi connectivity index (χ4v) is 2.30. The van der Waals surface area contributed by atoms with Crippen LogP contribution in [0, 0.1) is 6.92 Å². The first kappa shape index (κ1) is 13.3. The summed E-state index contributed by atoms with van der Waals surface area (Å²) in [6, 6.07) is 14.1.